The fraction of sp³-hybridized carbons (Fsp3) is 0.577. The molecule has 0 saturated carbocycles. The number of aromatic nitrogens is 2. The maximum absolute atomic E-state index is 11.0. The summed E-state index contributed by atoms with van der Waals surface area (Å²) in [5.41, 5.74) is 7.82. The summed E-state index contributed by atoms with van der Waals surface area (Å²) >= 11 is 1.94. The zero-order valence-electron chi connectivity index (χ0n) is 21.2. The number of phenolic OH excluding ortho intramolecular Hbond substituents is 1. The van der Waals surface area contributed by atoms with Crippen LogP contribution in [0.15, 0.2) is 17.2 Å². The second kappa shape index (κ2) is 9.74. The Balaban J connectivity index is 1.63. The van der Waals surface area contributed by atoms with E-state index in [1.807, 2.05) is 23.9 Å². The average Bonchev–Trinajstić information content (AvgIpc) is 2.78. The minimum Gasteiger partial charge on any atom is -0.507 e. The van der Waals surface area contributed by atoms with Crippen molar-refractivity contribution in [3.05, 3.63) is 40.1 Å². The Morgan fingerprint density at radius 3 is 2.32 bits per heavy atom. The first kappa shape index (κ1) is 24.8. The Morgan fingerprint density at radius 1 is 1.06 bits per heavy atom. The molecule has 0 spiro atoms. The first-order chi connectivity index (χ1) is 16.0. The molecule has 0 radical (unpaired) electrons. The number of phenols is 1. The van der Waals surface area contributed by atoms with Gasteiger partial charge in [-0.2, -0.15) is 21.8 Å². The van der Waals surface area contributed by atoms with E-state index in [1.54, 1.807) is 6.21 Å². The SMILES string of the molecule is CC(C)(C)c1cc(/C=N/Nc2nc3c(c(N4CCOCC4)n2)CSCC3)cc(C(C)(C)C)c1O. The van der Waals surface area contributed by atoms with Gasteiger partial charge in [-0.15, -0.1) is 0 Å². The fourth-order valence-corrected chi connectivity index (χ4v) is 5.32. The van der Waals surface area contributed by atoms with Gasteiger partial charge < -0.3 is 14.7 Å². The molecule has 1 saturated heterocycles. The van der Waals surface area contributed by atoms with Gasteiger partial charge in [0.2, 0.25) is 5.95 Å². The number of fused-ring (bicyclic) bond motifs is 1. The van der Waals surface area contributed by atoms with Crippen LogP contribution in [-0.4, -0.2) is 53.3 Å². The normalized spacial score (nSPS) is 17.2. The van der Waals surface area contributed by atoms with Gasteiger partial charge in [0.25, 0.3) is 0 Å². The van der Waals surface area contributed by atoms with Crippen LogP contribution in [0.1, 0.15) is 69.5 Å². The Morgan fingerprint density at radius 2 is 1.71 bits per heavy atom. The summed E-state index contributed by atoms with van der Waals surface area (Å²) in [5.74, 6) is 3.93. The van der Waals surface area contributed by atoms with Crippen LogP contribution in [0.3, 0.4) is 0 Å². The van der Waals surface area contributed by atoms with E-state index in [1.165, 1.54) is 5.56 Å². The minimum absolute atomic E-state index is 0.186. The molecular formula is C26H37N5O2S. The lowest BCUT2D eigenvalue weighted by molar-refractivity contribution is 0.122. The van der Waals surface area contributed by atoms with Gasteiger partial charge in [0.15, 0.2) is 0 Å². The molecule has 0 amide bonds. The molecule has 0 unspecified atom stereocenters. The molecule has 2 aliphatic rings. The Labute approximate surface area is 207 Å². The summed E-state index contributed by atoms with van der Waals surface area (Å²) in [6, 6.07) is 4.03. The quantitative estimate of drug-likeness (QED) is 0.475. The number of aryl methyl sites for hydroxylation is 1. The Bertz CT molecular complexity index is 1030. The van der Waals surface area contributed by atoms with Crippen molar-refractivity contribution in [3.8, 4) is 5.75 Å². The zero-order chi connectivity index (χ0) is 24.5. The monoisotopic (exact) mass is 483 g/mol. The third-order valence-corrected chi connectivity index (χ3v) is 7.22. The number of nitrogens with zero attached hydrogens (tertiary/aromatic N) is 4. The molecule has 4 rings (SSSR count). The lowest BCUT2D eigenvalue weighted by atomic mass is 9.78. The molecule has 184 valence electrons. The predicted molar refractivity (Wildman–Crippen MR) is 142 cm³/mol. The highest BCUT2D eigenvalue weighted by Crippen LogP contribution is 2.39. The summed E-state index contributed by atoms with van der Waals surface area (Å²) in [5, 5.41) is 15.5. The summed E-state index contributed by atoms with van der Waals surface area (Å²) in [4.78, 5) is 11.9. The number of nitrogens with one attached hydrogen (secondary N) is 1. The molecule has 8 heteroatoms. The van der Waals surface area contributed by atoms with E-state index in [4.69, 9.17) is 14.7 Å². The third-order valence-electron chi connectivity index (χ3n) is 6.24. The first-order valence-corrected chi connectivity index (χ1v) is 13.2. The number of hydrogen-bond acceptors (Lipinski definition) is 8. The van der Waals surface area contributed by atoms with Gasteiger partial charge in [-0.05, 0) is 40.7 Å². The molecule has 2 aliphatic heterocycles. The molecule has 0 bridgehead atoms. The van der Waals surface area contributed by atoms with Gasteiger partial charge in [-0.1, -0.05) is 41.5 Å². The van der Waals surface area contributed by atoms with E-state index in [9.17, 15) is 5.11 Å². The smallest absolute Gasteiger partial charge is 0.245 e. The topological polar surface area (TPSA) is 82.9 Å². The third kappa shape index (κ3) is 5.49. The van der Waals surface area contributed by atoms with Gasteiger partial charge in [0, 0.05) is 35.5 Å². The molecule has 7 nitrogen and oxygen atoms in total. The maximum atomic E-state index is 11.0. The van der Waals surface area contributed by atoms with Crippen molar-refractivity contribution in [2.24, 2.45) is 5.10 Å². The molecule has 2 aromatic rings. The highest BCUT2D eigenvalue weighted by atomic mass is 32.2. The molecule has 2 N–H and O–H groups in total. The fourth-order valence-electron chi connectivity index (χ4n) is 4.34. The largest absolute Gasteiger partial charge is 0.507 e. The van der Waals surface area contributed by atoms with Gasteiger partial charge in [-0.25, -0.2) is 10.4 Å². The second-order valence-electron chi connectivity index (χ2n) is 11.0. The molecule has 0 atom stereocenters. The number of benzene rings is 1. The van der Waals surface area contributed by atoms with Gasteiger partial charge in [0.05, 0.1) is 25.1 Å². The predicted octanol–water partition coefficient (Wildman–Crippen LogP) is 4.85. The van der Waals surface area contributed by atoms with Crippen LogP contribution in [0, 0.1) is 0 Å². The zero-order valence-corrected chi connectivity index (χ0v) is 22.1. The van der Waals surface area contributed by atoms with Crippen molar-refractivity contribution in [2.45, 2.75) is 64.5 Å². The van der Waals surface area contributed by atoms with E-state index in [0.717, 1.165) is 72.4 Å². The average molecular weight is 484 g/mol. The number of hydrazone groups is 1. The molecule has 1 fully saturated rings. The van der Waals surface area contributed by atoms with E-state index in [2.05, 4.69) is 57.0 Å². The van der Waals surface area contributed by atoms with Crippen molar-refractivity contribution in [1.29, 1.82) is 0 Å². The highest BCUT2D eigenvalue weighted by molar-refractivity contribution is 7.98. The number of thioether (sulfide) groups is 1. The molecule has 3 heterocycles. The summed E-state index contributed by atoms with van der Waals surface area (Å²) < 4.78 is 5.54. The van der Waals surface area contributed by atoms with Crippen LogP contribution < -0.4 is 10.3 Å². The molecular weight excluding hydrogens is 446 g/mol. The van der Waals surface area contributed by atoms with Crippen LogP contribution in [0.5, 0.6) is 5.75 Å². The lowest BCUT2D eigenvalue weighted by Crippen LogP contribution is -2.38. The van der Waals surface area contributed by atoms with Crippen LogP contribution in [0.2, 0.25) is 0 Å². The van der Waals surface area contributed by atoms with Crippen LogP contribution in [0.25, 0.3) is 0 Å². The van der Waals surface area contributed by atoms with E-state index >= 15 is 0 Å². The number of aromatic hydroxyl groups is 1. The number of morpholine rings is 1. The molecule has 1 aromatic heterocycles. The minimum atomic E-state index is -0.186. The summed E-state index contributed by atoms with van der Waals surface area (Å²) in [6.45, 7) is 15.8. The number of anilines is 2. The van der Waals surface area contributed by atoms with Crippen molar-refractivity contribution in [3.63, 3.8) is 0 Å². The number of rotatable bonds is 4. The lowest BCUT2D eigenvalue weighted by Gasteiger charge is -2.31. The first-order valence-electron chi connectivity index (χ1n) is 12.0. The van der Waals surface area contributed by atoms with E-state index in [-0.39, 0.29) is 10.8 Å². The summed E-state index contributed by atoms with van der Waals surface area (Å²) in [6.07, 6.45) is 2.73. The Kier molecular flexibility index (Phi) is 7.10. The van der Waals surface area contributed by atoms with Crippen molar-refractivity contribution < 1.29 is 9.84 Å². The van der Waals surface area contributed by atoms with Gasteiger partial charge in [0.1, 0.15) is 11.6 Å². The van der Waals surface area contributed by atoms with Crippen molar-refractivity contribution in [2.75, 3.05) is 42.4 Å². The molecule has 34 heavy (non-hydrogen) atoms. The number of ether oxygens (including phenoxy) is 1. The Hall–Kier alpha value is -2.32. The highest BCUT2D eigenvalue weighted by Gasteiger charge is 2.26. The molecule has 0 aliphatic carbocycles. The van der Waals surface area contributed by atoms with Crippen molar-refractivity contribution >= 4 is 29.7 Å². The van der Waals surface area contributed by atoms with Crippen LogP contribution >= 0.6 is 11.8 Å². The molecule has 1 aromatic carbocycles. The number of hydrogen-bond donors (Lipinski definition) is 2. The van der Waals surface area contributed by atoms with Gasteiger partial charge in [-0.3, -0.25) is 0 Å². The van der Waals surface area contributed by atoms with Crippen LogP contribution in [0.4, 0.5) is 11.8 Å². The summed E-state index contributed by atoms with van der Waals surface area (Å²) in [7, 11) is 0. The second-order valence-corrected chi connectivity index (χ2v) is 12.1. The van der Waals surface area contributed by atoms with Gasteiger partial charge >= 0.3 is 0 Å². The standard InChI is InChI=1S/C26H37N5O2S/c1-25(2,3)19-13-17(14-20(22(19)32)26(4,5)6)15-27-30-24-28-21-7-12-34-16-18(21)23(29-24)31-8-10-33-11-9-31/h13-15,32H,7-12,16H2,1-6H3,(H,28,29,30)/b27-15+. The van der Waals surface area contributed by atoms with Crippen LogP contribution in [-0.2, 0) is 27.7 Å². The maximum Gasteiger partial charge on any atom is 0.245 e. The van der Waals surface area contributed by atoms with Crippen molar-refractivity contribution in [1.82, 2.24) is 9.97 Å². The van der Waals surface area contributed by atoms with E-state index < -0.39 is 0 Å². The van der Waals surface area contributed by atoms with E-state index in [0.29, 0.717) is 11.7 Å².